The van der Waals surface area contributed by atoms with Gasteiger partial charge >= 0.3 is 35.5 Å². The van der Waals surface area contributed by atoms with E-state index in [0.717, 1.165) is 25.7 Å². The molecule has 0 spiro atoms. The Bertz CT molecular complexity index is 166. The summed E-state index contributed by atoms with van der Waals surface area (Å²) in [6.07, 6.45) is 3.55. The maximum absolute atomic E-state index is 10.7. The minimum Gasteiger partial charge on any atom is -1.00 e. The molecule has 0 aromatic carbocycles. The van der Waals surface area contributed by atoms with E-state index in [9.17, 15) is 9.59 Å². The number of Topliss-reactive ketones (excluding diaryl/α,β-unsaturated/α-hetero) is 1. The molecule has 4 heteroatoms. The Labute approximate surface area is 88.9 Å². The number of carbonyl (C=O) groups is 2. The number of aliphatic carboxylic acids is 1. The average Bonchev–Trinajstić information content (AvgIpc) is 2.36. The van der Waals surface area contributed by atoms with Crippen molar-refractivity contribution in [3.8, 4) is 0 Å². The molecule has 11 heavy (non-hydrogen) atoms. The Morgan fingerprint density at radius 1 is 1.27 bits per heavy atom. The maximum Gasteiger partial charge on any atom is 1.00 e. The SMILES string of the molecule is O=C(O)C(=O)C1CCCC1.[H-].[Na+]. The van der Waals surface area contributed by atoms with Crippen LogP contribution in [0.4, 0.5) is 0 Å². The van der Waals surface area contributed by atoms with Crippen molar-refractivity contribution in [1.29, 1.82) is 0 Å². The Balaban J connectivity index is 0. The van der Waals surface area contributed by atoms with E-state index < -0.39 is 11.8 Å². The number of carboxylic acid groups (broad SMARTS) is 1. The first-order valence-electron chi connectivity index (χ1n) is 3.49. The molecule has 0 amide bonds. The van der Waals surface area contributed by atoms with Gasteiger partial charge in [-0.15, -0.1) is 0 Å². The van der Waals surface area contributed by atoms with Crippen molar-refractivity contribution in [3.05, 3.63) is 0 Å². The van der Waals surface area contributed by atoms with Gasteiger partial charge in [0.25, 0.3) is 0 Å². The van der Waals surface area contributed by atoms with Gasteiger partial charge in [-0.05, 0) is 12.8 Å². The van der Waals surface area contributed by atoms with Crippen molar-refractivity contribution in [2.75, 3.05) is 0 Å². The topological polar surface area (TPSA) is 54.4 Å². The van der Waals surface area contributed by atoms with Crippen LogP contribution in [0.5, 0.6) is 0 Å². The summed E-state index contributed by atoms with van der Waals surface area (Å²) >= 11 is 0. The van der Waals surface area contributed by atoms with Crippen molar-refractivity contribution in [2.24, 2.45) is 5.92 Å². The molecule has 0 unspecified atom stereocenters. The van der Waals surface area contributed by atoms with E-state index in [1.807, 2.05) is 0 Å². The van der Waals surface area contributed by atoms with Crippen molar-refractivity contribution in [3.63, 3.8) is 0 Å². The summed E-state index contributed by atoms with van der Waals surface area (Å²) in [7, 11) is 0. The number of carbonyl (C=O) groups excluding carboxylic acids is 1. The van der Waals surface area contributed by atoms with E-state index in [2.05, 4.69) is 0 Å². The van der Waals surface area contributed by atoms with Crippen LogP contribution in [0.25, 0.3) is 0 Å². The van der Waals surface area contributed by atoms with Crippen LogP contribution in [0.3, 0.4) is 0 Å². The van der Waals surface area contributed by atoms with Crippen molar-refractivity contribution in [2.45, 2.75) is 25.7 Å². The average molecular weight is 166 g/mol. The number of hydrogen-bond acceptors (Lipinski definition) is 2. The first-order chi connectivity index (χ1) is 4.72. The van der Waals surface area contributed by atoms with Gasteiger partial charge in [0, 0.05) is 5.92 Å². The van der Waals surface area contributed by atoms with Gasteiger partial charge in [-0.25, -0.2) is 4.79 Å². The summed E-state index contributed by atoms with van der Waals surface area (Å²) in [5, 5.41) is 8.29. The van der Waals surface area contributed by atoms with Crippen LogP contribution in [0.15, 0.2) is 0 Å². The fourth-order valence-corrected chi connectivity index (χ4v) is 1.36. The quantitative estimate of drug-likeness (QED) is 0.379. The molecule has 0 aromatic heterocycles. The second-order valence-corrected chi connectivity index (χ2v) is 2.65. The first-order valence-corrected chi connectivity index (χ1v) is 3.49. The maximum atomic E-state index is 10.7. The second kappa shape index (κ2) is 4.91. The van der Waals surface area contributed by atoms with Crippen molar-refractivity contribution >= 4 is 11.8 Å². The number of hydrogen-bond donors (Lipinski definition) is 1. The molecule has 1 aliphatic carbocycles. The molecule has 1 N–H and O–H groups in total. The number of carboxylic acids is 1. The standard InChI is InChI=1S/C7H10O3.Na.H/c8-6(7(9)10)5-3-1-2-4-5;;/h5H,1-4H2,(H,9,10);;/q;+1;-1. The predicted molar refractivity (Wildman–Crippen MR) is 35.7 cm³/mol. The van der Waals surface area contributed by atoms with Gasteiger partial charge in [0.05, 0.1) is 0 Å². The van der Waals surface area contributed by atoms with Crippen LogP contribution in [-0.4, -0.2) is 16.9 Å². The third-order valence-electron chi connectivity index (χ3n) is 1.94. The van der Waals surface area contributed by atoms with Crippen molar-refractivity contribution in [1.82, 2.24) is 0 Å². The van der Waals surface area contributed by atoms with Crippen LogP contribution in [0.1, 0.15) is 27.1 Å². The van der Waals surface area contributed by atoms with Crippen LogP contribution < -0.4 is 29.6 Å². The Morgan fingerprint density at radius 3 is 2.09 bits per heavy atom. The van der Waals surface area contributed by atoms with Crippen LogP contribution in [-0.2, 0) is 9.59 Å². The molecule has 58 valence electrons. The summed E-state index contributed by atoms with van der Waals surface area (Å²) in [5.74, 6) is -2.05. The van der Waals surface area contributed by atoms with Crippen molar-refractivity contribution < 1.29 is 45.7 Å². The zero-order chi connectivity index (χ0) is 7.56. The number of ketones is 1. The molecular formula is C7H11NaO3. The van der Waals surface area contributed by atoms with Gasteiger partial charge in [0.15, 0.2) is 0 Å². The van der Waals surface area contributed by atoms with E-state index in [4.69, 9.17) is 5.11 Å². The fourth-order valence-electron chi connectivity index (χ4n) is 1.36. The van der Waals surface area contributed by atoms with Gasteiger partial charge in [0.2, 0.25) is 5.78 Å². The second-order valence-electron chi connectivity index (χ2n) is 2.65. The Hall–Kier alpha value is 0.140. The van der Waals surface area contributed by atoms with E-state index in [1.165, 1.54) is 0 Å². The summed E-state index contributed by atoms with van der Waals surface area (Å²) in [6, 6.07) is 0. The van der Waals surface area contributed by atoms with Gasteiger partial charge in [0.1, 0.15) is 0 Å². The largest absolute Gasteiger partial charge is 1.00 e. The van der Waals surface area contributed by atoms with Gasteiger partial charge in [-0.1, -0.05) is 12.8 Å². The zero-order valence-corrected chi connectivity index (χ0v) is 8.67. The molecule has 1 saturated carbocycles. The minimum atomic E-state index is -1.27. The fraction of sp³-hybridized carbons (Fsp3) is 0.714. The van der Waals surface area contributed by atoms with E-state index in [-0.39, 0.29) is 36.9 Å². The van der Waals surface area contributed by atoms with Gasteiger partial charge in [-0.2, -0.15) is 0 Å². The molecule has 0 bridgehead atoms. The molecule has 0 atom stereocenters. The summed E-state index contributed by atoms with van der Waals surface area (Å²) in [5.41, 5.74) is 0. The number of rotatable bonds is 2. The summed E-state index contributed by atoms with van der Waals surface area (Å²) < 4.78 is 0. The third-order valence-corrected chi connectivity index (χ3v) is 1.94. The molecule has 0 aromatic rings. The van der Waals surface area contributed by atoms with Crippen LogP contribution in [0, 0.1) is 5.92 Å². The van der Waals surface area contributed by atoms with Gasteiger partial charge in [-0.3, -0.25) is 4.79 Å². The van der Waals surface area contributed by atoms with Crippen LogP contribution >= 0.6 is 0 Å². The molecule has 1 rings (SSSR count). The monoisotopic (exact) mass is 166 g/mol. The van der Waals surface area contributed by atoms with Gasteiger partial charge < -0.3 is 6.53 Å². The summed E-state index contributed by atoms with van der Waals surface area (Å²) in [4.78, 5) is 20.9. The van der Waals surface area contributed by atoms with E-state index in [1.54, 1.807) is 0 Å². The smallest absolute Gasteiger partial charge is 1.00 e. The summed E-state index contributed by atoms with van der Waals surface area (Å²) in [6.45, 7) is 0. The first kappa shape index (κ1) is 11.1. The molecule has 3 nitrogen and oxygen atoms in total. The molecule has 0 heterocycles. The molecule has 1 fully saturated rings. The van der Waals surface area contributed by atoms with E-state index in [0.29, 0.717) is 0 Å². The van der Waals surface area contributed by atoms with Crippen LogP contribution in [0.2, 0.25) is 0 Å². The molecular weight excluding hydrogens is 155 g/mol. The van der Waals surface area contributed by atoms with E-state index >= 15 is 0 Å². The molecule has 0 saturated heterocycles. The molecule has 0 radical (unpaired) electrons. The third kappa shape index (κ3) is 2.93. The Kier molecular flexibility index (Phi) is 4.97. The molecule has 1 aliphatic rings. The zero-order valence-electron chi connectivity index (χ0n) is 7.67. The predicted octanol–water partition coefficient (Wildman–Crippen LogP) is -2.05. The Morgan fingerprint density at radius 2 is 1.73 bits per heavy atom. The minimum absolute atomic E-state index is 0. The molecule has 0 aliphatic heterocycles. The normalized spacial score (nSPS) is 17.5.